The molecular weight excluding hydrogens is 150 g/mol. The number of carboxylic acid groups (broad SMARTS) is 2. The van der Waals surface area contributed by atoms with E-state index in [1.807, 2.05) is 0 Å². The molecule has 0 saturated heterocycles. The summed E-state index contributed by atoms with van der Waals surface area (Å²) in [6.07, 6.45) is 1.17. The smallest absolute Gasteiger partial charge is 0.333 e. The van der Waals surface area contributed by atoms with Crippen molar-refractivity contribution in [2.24, 2.45) is 5.73 Å². The highest BCUT2D eigenvalue weighted by Gasteiger charge is 2.21. The number of nitrogens with two attached hydrogens (primary N) is 1. The number of allylic oxidation sites excluding steroid dienone is 1. The van der Waals surface area contributed by atoms with E-state index in [0.29, 0.717) is 0 Å². The van der Waals surface area contributed by atoms with Crippen LogP contribution in [0.25, 0.3) is 0 Å². The molecule has 1 atom stereocenters. The first-order valence-corrected chi connectivity index (χ1v) is 2.88. The third-order valence-corrected chi connectivity index (χ3v) is 1.16. The van der Waals surface area contributed by atoms with Gasteiger partial charge in [-0.1, -0.05) is 6.08 Å². The van der Waals surface area contributed by atoms with Gasteiger partial charge in [-0.05, 0) is 6.92 Å². The summed E-state index contributed by atoms with van der Waals surface area (Å²) in [5, 5.41) is 16.7. The van der Waals surface area contributed by atoms with Gasteiger partial charge < -0.3 is 15.9 Å². The summed E-state index contributed by atoms with van der Waals surface area (Å²) < 4.78 is 0. The Hall–Kier alpha value is -1.36. The molecule has 4 N–H and O–H groups in total. The maximum Gasteiger partial charge on any atom is 0.333 e. The fourth-order valence-electron chi connectivity index (χ4n) is 0.569. The van der Waals surface area contributed by atoms with E-state index in [-0.39, 0.29) is 5.57 Å². The summed E-state index contributed by atoms with van der Waals surface area (Å²) in [6, 6.07) is -1.45. The predicted molar refractivity (Wildman–Crippen MR) is 37.0 cm³/mol. The Morgan fingerprint density at radius 2 is 1.91 bits per heavy atom. The molecule has 5 nitrogen and oxygen atoms in total. The van der Waals surface area contributed by atoms with Crippen molar-refractivity contribution in [2.75, 3.05) is 0 Å². The molecule has 5 heteroatoms. The number of hydrogen-bond donors (Lipinski definition) is 3. The molecule has 0 fully saturated rings. The zero-order valence-corrected chi connectivity index (χ0v) is 5.94. The summed E-state index contributed by atoms with van der Waals surface area (Å²) in [6.45, 7) is 1.42. The second kappa shape index (κ2) is 3.72. The average molecular weight is 159 g/mol. The van der Waals surface area contributed by atoms with Gasteiger partial charge in [-0.25, -0.2) is 4.79 Å². The molecule has 0 aliphatic heterocycles. The molecule has 11 heavy (non-hydrogen) atoms. The summed E-state index contributed by atoms with van der Waals surface area (Å²) in [5.74, 6) is -2.65. The first-order chi connectivity index (χ1) is 5.00. The summed E-state index contributed by atoms with van der Waals surface area (Å²) in [4.78, 5) is 20.4. The number of aliphatic carboxylic acids is 2. The van der Waals surface area contributed by atoms with E-state index in [9.17, 15) is 9.59 Å². The fraction of sp³-hybridized carbons (Fsp3) is 0.333. The van der Waals surface area contributed by atoms with Crippen LogP contribution in [0.2, 0.25) is 0 Å². The SMILES string of the molecule is C/C=C(\C(=O)O)[C@H](N)C(=O)O. The van der Waals surface area contributed by atoms with Gasteiger partial charge in [-0.3, -0.25) is 4.79 Å². The fourth-order valence-corrected chi connectivity index (χ4v) is 0.569. The van der Waals surface area contributed by atoms with Crippen molar-refractivity contribution in [2.45, 2.75) is 13.0 Å². The lowest BCUT2D eigenvalue weighted by Gasteiger charge is -2.05. The normalized spacial score (nSPS) is 14.2. The highest BCUT2D eigenvalue weighted by Crippen LogP contribution is 1.99. The molecule has 0 aromatic rings. The van der Waals surface area contributed by atoms with Gasteiger partial charge >= 0.3 is 11.9 Å². The van der Waals surface area contributed by atoms with Gasteiger partial charge in [0.1, 0.15) is 6.04 Å². The minimum Gasteiger partial charge on any atom is -0.480 e. The number of rotatable bonds is 3. The van der Waals surface area contributed by atoms with Crippen LogP contribution in [0.1, 0.15) is 6.92 Å². The molecule has 0 heterocycles. The van der Waals surface area contributed by atoms with E-state index in [0.717, 1.165) is 0 Å². The highest BCUT2D eigenvalue weighted by atomic mass is 16.4. The van der Waals surface area contributed by atoms with E-state index in [1.165, 1.54) is 13.0 Å². The summed E-state index contributed by atoms with van der Waals surface area (Å²) in [5.41, 5.74) is 4.72. The van der Waals surface area contributed by atoms with Crippen LogP contribution in [-0.2, 0) is 9.59 Å². The lowest BCUT2D eigenvalue weighted by atomic mass is 10.1. The van der Waals surface area contributed by atoms with Crippen LogP contribution in [-0.4, -0.2) is 28.2 Å². The van der Waals surface area contributed by atoms with Crippen LogP contribution in [0.3, 0.4) is 0 Å². The molecule has 0 spiro atoms. The van der Waals surface area contributed by atoms with Crippen LogP contribution < -0.4 is 5.73 Å². The van der Waals surface area contributed by atoms with E-state index in [4.69, 9.17) is 15.9 Å². The molecule has 0 aliphatic rings. The van der Waals surface area contributed by atoms with Crippen LogP contribution in [0.5, 0.6) is 0 Å². The molecule has 0 unspecified atom stereocenters. The summed E-state index contributed by atoms with van der Waals surface area (Å²) >= 11 is 0. The monoisotopic (exact) mass is 159 g/mol. The molecule has 0 aromatic carbocycles. The Labute approximate surface area is 63.1 Å². The van der Waals surface area contributed by atoms with E-state index in [1.54, 1.807) is 0 Å². The second-order valence-electron chi connectivity index (χ2n) is 1.87. The standard InChI is InChI=1S/C6H9NO4/c1-2-3(5(8)9)4(7)6(10)11/h2,4H,7H2,1H3,(H,8,9)(H,10,11)/b3-2-/t4-/m0/s1. The topological polar surface area (TPSA) is 101 Å². The maximum absolute atomic E-state index is 10.3. The molecule has 0 aliphatic carbocycles. The first-order valence-electron chi connectivity index (χ1n) is 2.88. The molecule has 0 rings (SSSR count). The van der Waals surface area contributed by atoms with Gasteiger partial charge in [0.25, 0.3) is 0 Å². The average Bonchev–Trinajstić information content (AvgIpc) is 1.88. The van der Waals surface area contributed by atoms with Gasteiger partial charge in [0, 0.05) is 0 Å². The highest BCUT2D eigenvalue weighted by molar-refractivity contribution is 5.95. The van der Waals surface area contributed by atoms with Crippen molar-refractivity contribution < 1.29 is 19.8 Å². The Morgan fingerprint density at radius 3 is 2.00 bits per heavy atom. The minimum absolute atomic E-state index is 0.308. The van der Waals surface area contributed by atoms with Crippen molar-refractivity contribution in [3.05, 3.63) is 11.6 Å². The van der Waals surface area contributed by atoms with Gasteiger partial charge in [-0.15, -0.1) is 0 Å². The quantitative estimate of drug-likeness (QED) is 0.479. The molecule has 62 valence electrons. The maximum atomic E-state index is 10.3. The van der Waals surface area contributed by atoms with Crippen molar-refractivity contribution >= 4 is 11.9 Å². The van der Waals surface area contributed by atoms with Gasteiger partial charge in [0.2, 0.25) is 0 Å². The van der Waals surface area contributed by atoms with Crippen LogP contribution in [0.4, 0.5) is 0 Å². The van der Waals surface area contributed by atoms with Gasteiger partial charge in [0.05, 0.1) is 5.57 Å². The molecule has 0 amide bonds. The van der Waals surface area contributed by atoms with Gasteiger partial charge in [-0.2, -0.15) is 0 Å². The Balaban J connectivity index is 4.54. The molecule has 0 aromatic heterocycles. The molecule has 0 saturated carbocycles. The predicted octanol–water partition coefficient (Wildman–Crippen LogP) is -0.571. The van der Waals surface area contributed by atoms with Crippen molar-refractivity contribution in [1.82, 2.24) is 0 Å². The van der Waals surface area contributed by atoms with E-state index >= 15 is 0 Å². The van der Waals surface area contributed by atoms with Crippen LogP contribution in [0.15, 0.2) is 11.6 Å². The summed E-state index contributed by atoms with van der Waals surface area (Å²) in [7, 11) is 0. The first kappa shape index (κ1) is 9.64. The zero-order valence-electron chi connectivity index (χ0n) is 5.94. The number of hydrogen-bond acceptors (Lipinski definition) is 3. The van der Waals surface area contributed by atoms with Gasteiger partial charge in [0.15, 0.2) is 0 Å². The lowest BCUT2D eigenvalue weighted by Crippen LogP contribution is -2.35. The van der Waals surface area contributed by atoms with E-state index < -0.39 is 18.0 Å². The van der Waals surface area contributed by atoms with Crippen molar-refractivity contribution in [1.29, 1.82) is 0 Å². The zero-order chi connectivity index (χ0) is 9.02. The minimum atomic E-state index is -1.45. The van der Waals surface area contributed by atoms with E-state index in [2.05, 4.69) is 0 Å². The van der Waals surface area contributed by atoms with Crippen LogP contribution >= 0.6 is 0 Å². The lowest BCUT2D eigenvalue weighted by molar-refractivity contribution is -0.141. The molecule has 0 radical (unpaired) electrons. The van der Waals surface area contributed by atoms with Crippen molar-refractivity contribution in [3.63, 3.8) is 0 Å². The van der Waals surface area contributed by atoms with Crippen LogP contribution in [0, 0.1) is 0 Å². The second-order valence-corrected chi connectivity index (χ2v) is 1.87. The largest absolute Gasteiger partial charge is 0.480 e. The Kier molecular flexibility index (Phi) is 3.26. The molecular formula is C6H9NO4. The Morgan fingerprint density at radius 1 is 1.45 bits per heavy atom. The number of carboxylic acids is 2. The number of carbonyl (C=O) groups is 2. The Bertz CT molecular complexity index is 209. The van der Waals surface area contributed by atoms with Crippen molar-refractivity contribution in [3.8, 4) is 0 Å². The third kappa shape index (κ3) is 2.38. The molecule has 0 bridgehead atoms. The third-order valence-electron chi connectivity index (χ3n) is 1.16.